The molecule has 36 heavy (non-hydrogen) atoms. The van der Waals surface area contributed by atoms with E-state index in [9.17, 15) is 19.2 Å². The molecule has 0 spiro atoms. The van der Waals surface area contributed by atoms with Gasteiger partial charge in [-0.25, -0.2) is 9.07 Å². The Balaban J connectivity index is 2.17. The fourth-order valence-corrected chi connectivity index (χ4v) is 3.63. The van der Waals surface area contributed by atoms with Crippen LogP contribution < -0.4 is 10.3 Å². The lowest BCUT2D eigenvalue weighted by Crippen LogP contribution is -2.41. The molecule has 190 valence electrons. The van der Waals surface area contributed by atoms with Gasteiger partial charge >= 0.3 is 25.0 Å². The predicted molar refractivity (Wildman–Crippen MR) is 130 cm³/mol. The van der Waals surface area contributed by atoms with Crippen LogP contribution in [0.25, 0.3) is 17.2 Å². The molecule has 0 saturated carbocycles. The van der Waals surface area contributed by atoms with Gasteiger partial charge in [0.2, 0.25) is 0 Å². The van der Waals surface area contributed by atoms with Gasteiger partial charge in [0.1, 0.15) is 11.5 Å². The van der Waals surface area contributed by atoms with Crippen LogP contribution in [0.4, 0.5) is 4.39 Å². The van der Waals surface area contributed by atoms with E-state index in [1.165, 1.54) is 37.0 Å². The van der Waals surface area contributed by atoms with Gasteiger partial charge in [-0.2, -0.15) is 5.10 Å². The van der Waals surface area contributed by atoms with Crippen molar-refractivity contribution in [3.05, 3.63) is 50.6 Å². The predicted octanol–water partition coefficient (Wildman–Crippen LogP) is 2.18. The zero-order valence-electron chi connectivity index (χ0n) is 20.3. The highest BCUT2D eigenvalue weighted by Crippen LogP contribution is 2.37. The number of halogens is 2. The molecule has 0 amide bonds. The molecule has 10 nitrogen and oxygen atoms in total. The number of hydrogen-bond acceptors (Lipinski definition) is 9. The maximum atomic E-state index is 15.3. The molecule has 2 aromatic rings. The van der Waals surface area contributed by atoms with Crippen molar-refractivity contribution in [2.24, 2.45) is 13.0 Å². The van der Waals surface area contributed by atoms with Crippen LogP contribution in [0.3, 0.4) is 0 Å². The van der Waals surface area contributed by atoms with E-state index in [1.807, 2.05) is 0 Å². The quantitative estimate of drug-likeness (QED) is 0.433. The molecule has 0 bridgehead atoms. The van der Waals surface area contributed by atoms with Gasteiger partial charge in [0.15, 0.2) is 5.75 Å². The molecule has 13 heteroatoms. The van der Waals surface area contributed by atoms with Crippen molar-refractivity contribution in [2.45, 2.75) is 20.8 Å². The van der Waals surface area contributed by atoms with E-state index in [1.54, 1.807) is 20.9 Å². The highest BCUT2D eigenvalue weighted by atomic mass is 35.5. The maximum absolute atomic E-state index is 15.3. The van der Waals surface area contributed by atoms with Crippen LogP contribution in [0.15, 0.2) is 22.9 Å². The van der Waals surface area contributed by atoms with Crippen LogP contribution >= 0.6 is 11.6 Å². The summed E-state index contributed by atoms with van der Waals surface area (Å²) in [6.07, 6.45) is 1.26. The zero-order chi connectivity index (χ0) is 26.7. The molecule has 1 aromatic carbocycles. The van der Waals surface area contributed by atoms with E-state index in [-0.39, 0.29) is 46.2 Å². The SMILES string of the molecule is Cc1nn(C)c(=O)c(-c2c(F)ccc(Cl)c2/C=C/B2OC(=O)CN(C)CC(=O)O2)c1OC(=O)C(C)C. The highest BCUT2D eigenvalue weighted by Gasteiger charge is 2.30. The first-order valence-electron chi connectivity index (χ1n) is 10.9. The van der Waals surface area contributed by atoms with Gasteiger partial charge in [0.25, 0.3) is 5.56 Å². The van der Waals surface area contributed by atoms with E-state index in [0.717, 1.165) is 10.7 Å². The largest absolute Gasteiger partial charge is 0.628 e. The standard InChI is InChI=1S/C23H24BClFN3O7/c1-12(2)23(33)34-21-13(3)27-29(5)22(32)20(21)19-14(15(25)6-7-16(19)26)8-9-24-35-17(30)10-28(4)11-18(31)36-24/h6-9,12H,10-11H2,1-5H3/b9-8+. The van der Waals surface area contributed by atoms with Crippen LogP contribution in [0.2, 0.25) is 5.02 Å². The topological polar surface area (TPSA) is 117 Å². The second-order valence-electron chi connectivity index (χ2n) is 8.49. The Morgan fingerprint density at radius 2 is 1.78 bits per heavy atom. The molecule has 2 heterocycles. The molecule has 3 rings (SSSR count). The Morgan fingerprint density at radius 1 is 1.17 bits per heavy atom. The van der Waals surface area contributed by atoms with Crippen molar-refractivity contribution < 1.29 is 32.8 Å². The number of benzene rings is 1. The van der Waals surface area contributed by atoms with Crippen molar-refractivity contribution in [2.75, 3.05) is 20.1 Å². The molecule has 0 radical (unpaired) electrons. The lowest BCUT2D eigenvalue weighted by Gasteiger charge is -2.21. The Bertz CT molecular complexity index is 1290. The van der Waals surface area contributed by atoms with E-state index in [2.05, 4.69) is 5.10 Å². The molecule has 1 aromatic heterocycles. The van der Waals surface area contributed by atoms with E-state index in [0.29, 0.717) is 0 Å². The minimum atomic E-state index is -1.41. The number of likely N-dealkylation sites (N-methyl/N-ethyl adjacent to an activating group) is 1. The van der Waals surface area contributed by atoms with Gasteiger partial charge in [-0.05, 0) is 32.1 Å². The van der Waals surface area contributed by atoms with Crippen LogP contribution in [0, 0.1) is 18.7 Å². The van der Waals surface area contributed by atoms with E-state index < -0.39 is 42.3 Å². The summed E-state index contributed by atoms with van der Waals surface area (Å²) in [7, 11) is 1.51. The Kier molecular flexibility index (Phi) is 8.31. The van der Waals surface area contributed by atoms with E-state index >= 15 is 4.39 Å². The number of carbonyl (C=O) groups excluding carboxylic acids is 3. The van der Waals surface area contributed by atoms with Gasteiger partial charge in [0.05, 0.1) is 24.6 Å². The summed E-state index contributed by atoms with van der Waals surface area (Å²) in [5.41, 5.74) is -1.10. The molecule has 0 aliphatic carbocycles. The lowest BCUT2D eigenvalue weighted by atomic mass is 9.87. The van der Waals surface area contributed by atoms with Crippen molar-refractivity contribution in [1.29, 1.82) is 0 Å². The number of aryl methyl sites for hydroxylation is 2. The van der Waals surface area contributed by atoms with Gasteiger partial charge in [0, 0.05) is 23.2 Å². The van der Waals surface area contributed by atoms with Crippen molar-refractivity contribution in [1.82, 2.24) is 14.7 Å². The molecule has 1 aliphatic rings. The molecular formula is C23H24BClFN3O7. The Hall–Kier alpha value is -3.51. The van der Waals surface area contributed by atoms with Crippen LogP contribution in [-0.2, 0) is 30.7 Å². The number of aromatic nitrogens is 2. The third kappa shape index (κ3) is 6.00. The van der Waals surface area contributed by atoms with Crippen LogP contribution in [-0.4, -0.2) is 59.8 Å². The first kappa shape index (κ1) is 27.1. The number of ether oxygens (including phenoxy) is 1. The van der Waals surface area contributed by atoms with Gasteiger partial charge in [-0.3, -0.25) is 24.1 Å². The minimum absolute atomic E-state index is 0.00693. The molecule has 1 fully saturated rings. The maximum Gasteiger partial charge on any atom is 0.628 e. The number of carbonyl (C=O) groups is 3. The fourth-order valence-electron chi connectivity index (χ4n) is 3.41. The molecule has 1 aliphatic heterocycles. The second kappa shape index (κ2) is 11.0. The molecule has 0 atom stereocenters. The first-order chi connectivity index (χ1) is 16.9. The smallest absolute Gasteiger partial charge is 0.495 e. The highest BCUT2D eigenvalue weighted by molar-refractivity contribution is 6.55. The van der Waals surface area contributed by atoms with Gasteiger partial charge < -0.3 is 14.0 Å². The summed E-state index contributed by atoms with van der Waals surface area (Å²) in [6.45, 7) is 4.45. The fraction of sp³-hybridized carbons (Fsp3) is 0.348. The second-order valence-corrected chi connectivity index (χ2v) is 8.90. The molecule has 1 saturated heterocycles. The lowest BCUT2D eigenvalue weighted by molar-refractivity contribution is -0.145. The summed E-state index contributed by atoms with van der Waals surface area (Å²) >= 11 is 6.37. The average Bonchev–Trinajstić information content (AvgIpc) is 2.77. The van der Waals surface area contributed by atoms with Crippen LogP contribution in [0.5, 0.6) is 5.75 Å². The Labute approximate surface area is 211 Å². The third-order valence-electron chi connectivity index (χ3n) is 5.14. The molecular weight excluding hydrogens is 496 g/mol. The average molecular weight is 520 g/mol. The Morgan fingerprint density at radius 3 is 2.36 bits per heavy atom. The molecule has 0 unspecified atom stereocenters. The zero-order valence-corrected chi connectivity index (χ0v) is 21.1. The number of esters is 1. The monoisotopic (exact) mass is 519 g/mol. The number of nitrogens with zero attached hydrogens (tertiary/aromatic N) is 3. The molecule has 0 N–H and O–H groups in total. The minimum Gasteiger partial charge on any atom is -0.495 e. The van der Waals surface area contributed by atoms with Crippen molar-refractivity contribution in [3.63, 3.8) is 0 Å². The first-order valence-corrected chi connectivity index (χ1v) is 11.3. The number of rotatable bonds is 5. The third-order valence-corrected chi connectivity index (χ3v) is 5.47. The van der Waals surface area contributed by atoms with E-state index in [4.69, 9.17) is 25.6 Å². The van der Waals surface area contributed by atoms with Gasteiger partial charge in [-0.15, -0.1) is 0 Å². The summed E-state index contributed by atoms with van der Waals surface area (Å²) < 4.78 is 32.0. The number of hydrogen-bond donors (Lipinski definition) is 0. The van der Waals surface area contributed by atoms with Gasteiger partial charge in [-0.1, -0.05) is 31.5 Å². The van der Waals surface area contributed by atoms with Crippen LogP contribution in [0.1, 0.15) is 25.1 Å². The van der Waals surface area contributed by atoms with Crippen molar-refractivity contribution >= 4 is 42.7 Å². The summed E-state index contributed by atoms with van der Waals surface area (Å²) in [4.78, 5) is 51.0. The van der Waals surface area contributed by atoms with Crippen molar-refractivity contribution in [3.8, 4) is 16.9 Å². The summed E-state index contributed by atoms with van der Waals surface area (Å²) in [6, 6.07) is 2.33. The summed E-state index contributed by atoms with van der Waals surface area (Å²) in [5.74, 6) is -2.32. The summed E-state index contributed by atoms with van der Waals surface area (Å²) in [5, 5.41) is 4.08. The normalized spacial score (nSPS) is 15.1.